The summed E-state index contributed by atoms with van der Waals surface area (Å²) in [6.07, 6.45) is 0. The minimum Gasteiger partial charge on any atom is -0.494 e. The molecule has 0 aliphatic carbocycles. The van der Waals surface area contributed by atoms with Gasteiger partial charge < -0.3 is 9.47 Å². The molecule has 0 bridgehead atoms. The van der Waals surface area contributed by atoms with Crippen molar-refractivity contribution in [1.82, 2.24) is 0 Å². The van der Waals surface area contributed by atoms with E-state index in [2.05, 4.69) is 0 Å². The summed E-state index contributed by atoms with van der Waals surface area (Å²) < 4.78 is 10.3. The molecule has 1 atom stereocenters. The summed E-state index contributed by atoms with van der Waals surface area (Å²) in [5.41, 5.74) is 0.500. The van der Waals surface area contributed by atoms with Gasteiger partial charge in [0.15, 0.2) is 5.78 Å². The number of rotatable bonds is 7. The smallest absolute Gasteiger partial charge is 0.317 e. The summed E-state index contributed by atoms with van der Waals surface area (Å²) in [5, 5.41) is 0. The summed E-state index contributed by atoms with van der Waals surface area (Å²) in [7, 11) is 0. The molecule has 0 radical (unpaired) electrons. The van der Waals surface area contributed by atoms with Gasteiger partial charge in [0.2, 0.25) is 0 Å². The summed E-state index contributed by atoms with van der Waals surface area (Å²) in [6, 6.07) is 6.84. The fourth-order valence-corrected chi connectivity index (χ4v) is 1.98. The maximum absolute atomic E-state index is 12.4. The van der Waals surface area contributed by atoms with E-state index in [9.17, 15) is 9.59 Å². The van der Waals surface area contributed by atoms with Gasteiger partial charge in [0, 0.05) is 5.56 Å². The summed E-state index contributed by atoms with van der Waals surface area (Å²) >= 11 is 0. The van der Waals surface area contributed by atoms with Crippen LogP contribution in [-0.2, 0) is 9.53 Å². The van der Waals surface area contributed by atoms with Crippen molar-refractivity contribution in [3.63, 3.8) is 0 Å². The molecule has 20 heavy (non-hydrogen) atoms. The van der Waals surface area contributed by atoms with Crippen LogP contribution in [0.2, 0.25) is 0 Å². The molecule has 1 unspecified atom stereocenters. The third kappa shape index (κ3) is 4.08. The summed E-state index contributed by atoms with van der Waals surface area (Å²) in [4.78, 5) is 24.3. The van der Waals surface area contributed by atoms with E-state index in [0.717, 1.165) is 0 Å². The second-order valence-corrected chi connectivity index (χ2v) is 4.80. The fourth-order valence-electron chi connectivity index (χ4n) is 1.98. The van der Waals surface area contributed by atoms with Gasteiger partial charge in [-0.3, -0.25) is 9.59 Å². The molecular formula is C16H22O4. The monoisotopic (exact) mass is 278 g/mol. The molecule has 0 saturated heterocycles. The van der Waals surface area contributed by atoms with Crippen molar-refractivity contribution in [3.8, 4) is 5.75 Å². The maximum atomic E-state index is 12.4. The molecular weight excluding hydrogens is 256 g/mol. The molecule has 1 aromatic carbocycles. The number of hydrogen-bond donors (Lipinski definition) is 0. The SMILES string of the molecule is CCOC(=O)C(C(=O)c1ccc(OCC)cc1)C(C)C. The van der Waals surface area contributed by atoms with Gasteiger partial charge in [0.25, 0.3) is 0 Å². The highest BCUT2D eigenvalue weighted by atomic mass is 16.5. The van der Waals surface area contributed by atoms with Crippen molar-refractivity contribution in [1.29, 1.82) is 0 Å². The van der Waals surface area contributed by atoms with Crippen molar-refractivity contribution in [2.24, 2.45) is 11.8 Å². The molecule has 0 aliphatic heterocycles. The Morgan fingerprint density at radius 3 is 2.10 bits per heavy atom. The van der Waals surface area contributed by atoms with Gasteiger partial charge in [-0.25, -0.2) is 0 Å². The van der Waals surface area contributed by atoms with E-state index < -0.39 is 11.9 Å². The number of esters is 1. The molecule has 1 rings (SSSR count). The van der Waals surface area contributed by atoms with Crippen LogP contribution >= 0.6 is 0 Å². The van der Waals surface area contributed by atoms with Crippen molar-refractivity contribution in [3.05, 3.63) is 29.8 Å². The highest BCUT2D eigenvalue weighted by Gasteiger charge is 2.31. The van der Waals surface area contributed by atoms with Crippen LogP contribution in [0.4, 0.5) is 0 Å². The predicted octanol–water partition coefficient (Wildman–Crippen LogP) is 3.10. The molecule has 0 amide bonds. The average molecular weight is 278 g/mol. The number of benzene rings is 1. The van der Waals surface area contributed by atoms with Gasteiger partial charge in [-0.15, -0.1) is 0 Å². The van der Waals surface area contributed by atoms with E-state index in [0.29, 0.717) is 17.9 Å². The Morgan fingerprint density at radius 2 is 1.65 bits per heavy atom. The van der Waals surface area contributed by atoms with Crippen LogP contribution in [0.15, 0.2) is 24.3 Å². The van der Waals surface area contributed by atoms with Crippen LogP contribution < -0.4 is 4.74 Å². The van der Waals surface area contributed by atoms with Crippen molar-refractivity contribution in [2.45, 2.75) is 27.7 Å². The maximum Gasteiger partial charge on any atom is 0.317 e. The Kier molecular flexibility index (Phi) is 6.22. The zero-order valence-corrected chi connectivity index (χ0v) is 12.5. The molecule has 0 N–H and O–H groups in total. The standard InChI is InChI=1S/C16H22O4/c1-5-19-13-9-7-12(8-10-13)15(17)14(11(3)4)16(18)20-6-2/h7-11,14H,5-6H2,1-4H3. The van der Waals surface area contributed by atoms with Gasteiger partial charge in [0.05, 0.1) is 13.2 Å². The first-order valence-corrected chi connectivity index (χ1v) is 6.94. The molecule has 4 nitrogen and oxygen atoms in total. The molecule has 4 heteroatoms. The van der Waals surface area contributed by atoms with Gasteiger partial charge in [-0.2, -0.15) is 0 Å². The number of ether oxygens (including phenoxy) is 2. The Labute approximate surface area is 120 Å². The number of ketones is 1. The number of carbonyl (C=O) groups excluding carboxylic acids is 2. The van der Waals surface area contributed by atoms with E-state index >= 15 is 0 Å². The topological polar surface area (TPSA) is 52.6 Å². The van der Waals surface area contributed by atoms with Crippen LogP contribution in [0, 0.1) is 11.8 Å². The van der Waals surface area contributed by atoms with Crippen LogP contribution in [-0.4, -0.2) is 25.0 Å². The lowest BCUT2D eigenvalue weighted by atomic mass is 9.88. The van der Waals surface area contributed by atoms with Crippen molar-refractivity contribution in [2.75, 3.05) is 13.2 Å². The zero-order chi connectivity index (χ0) is 15.1. The van der Waals surface area contributed by atoms with Gasteiger partial charge in [-0.05, 0) is 44.0 Å². The Bertz CT molecular complexity index is 448. The van der Waals surface area contributed by atoms with Crippen molar-refractivity contribution >= 4 is 11.8 Å². The second-order valence-electron chi connectivity index (χ2n) is 4.80. The quantitative estimate of drug-likeness (QED) is 0.437. The minimum atomic E-state index is -0.757. The normalized spacial score (nSPS) is 12.1. The minimum absolute atomic E-state index is 0.104. The van der Waals surface area contributed by atoms with E-state index in [1.54, 1.807) is 31.2 Å². The Balaban J connectivity index is 2.91. The molecule has 0 saturated carbocycles. The van der Waals surface area contributed by atoms with Crippen LogP contribution in [0.25, 0.3) is 0 Å². The Morgan fingerprint density at radius 1 is 1.05 bits per heavy atom. The third-order valence-electron chi connectivity index (χ3n) is 2.94. The van der Waals surface area contributed by atoms with E-state index in [1.165, 1.54) is 0 Å². The largest absolute Gasteiger partial charge is 0.494 e. The zero-order valence-electron chi connectivity index (χ0n) is 12.5. The molecule has 0 heterocycles. The van der Waals surface area contributed by atoms with E-state index in [4.69, 9.17) is 9.47 Å². The average Bonchev–Trinajstić information content (AvgIpc) is 2.40. The predicted molar refractivity (Wildman–Crippen MR) is 76.9 cm³/mol. The lowest BCUT2D eigenvalue weighted by molar-refractivity contribution is -0.147. The highest BCUT2D eigenvalue weighted by Crippen LogP contribution is 2.21. The molecule has 0 aromatic heterocycles. The van der Waals surface area contributed by atoms with Crippen LogP contribution in [0.1, 0.15) is 38.1 Å². The molecule has 110 valence electrons. The molecule has 0 fully saturated rings. The van der Waals surface area contributed by atoms with Crippen LogP contribution in [0.5, 0.6) is 5.75 Å². The first kappa shape index (κ1) is 16.2. The molecule has 0 aliphatic rings. The van der Waals surface area contributed by atoms with Gasteiger partial charge >= 0.3 is 5.97 Å². The van der Waals surface area contributed by atoms with E-state index in [-0.39, 0.29) is 18.3 Å². The van der Waals surface area contributed by atoms with E-state index in [1.807, 2.05) is 20.8 Å². The van der Waals surface area contributed by atoms with Gasteiger partial charge in [-0.1, -0.05) is 13.8 Å². The summed E-state index contributed by atoms with van der Waals surface area (Å²) in [5.74, 6) is -0.815. The Hall–Kier alpha value is -1.84. The number of hydrogen-bond acceptors (Lipinski definition) is 4. The number of carbonyl (C=O) groups is 2. The lowest BCUT2D eigenvalue weighted by Gasteiger charge is -2.18. The fraction of sp³-hybridized carbons (Fsp3) is 0.500. The van der Waals surface area contributed by atoms with Crippen LogP contribution in [0.3, 0.4) is 0 Å². The first-order valence-electron chi connectivity index (χ1n) is 6.94. The highest BCUT2D eigenvalue weighted by molar-refractivity contribution is 6.08. The summed E-state index contributed by atoms with van der Waals surface area (Å²) in [6.45, 7) is 8.16. The number of Topliss-reactive ketones (excluding diaryl/α,β-unsaturated/α-hetero) is 1. The first-order chi connectivity index (χ1) is 9.51. The second kappa shape index (κ2) is 7.68. The molecule has 1 aromatic rings. The van der Waals surface area contributed by atoms with Crippen molar-refractivity contribution < 1.29 is 19.1 Å². The third-order valence-corrected chi connectivity index (χ3v) is 2.94. The lowest BCUT2D eigenvalue weighted by Crippen LogP contribution is -2.30. The molecule has 0 spiro atoms. The van der Waals surface area contributed by atoms with Gasteiger partial charge in [0.1, 0.15) is 11.7 Å².